The molecule has 1 aromatic rings. The summed E-state index contributed by atoms with van der Waals surface area (Å²) in [6, 6.07) is 3.96. The summed E-state index contributed by atoms with van der Waals surface area (Å²) in [5.41, 5.74) is 2.24. The number of hydrogen-bond donors (Lipinski definition) is 2. The maximum absolute atomic E-state index is 12.3. The minimum Gasteiger partial charge on any atom is -0.480 e. The van der Waals surface area contributed by atoms with Crippen molar-refractivity contribution in [2.24, 2.45) is 0 Å². The van der Waals surface area contributed by atoms with Gasteiger partial charge in [0.05, 0.1) is 4.90 Å². The van der Waals surface area contributed by atoms with Crippen molar-refractivity contribution in [3.63, 3.8) is 0 Å². The normalized spacial score (nSPS) is 15.7. The van der Waals surface area contributed by atoms with Gasteiger partial charge in [0, 0.05) is 0 Å². The number of rotatable bonds is 7. The van der Waals surface area contributed by atoms with Gasteiger partial charge in [-0.1, -0.05) is 6.07 Å². The standard InChI is InChI=1S/C14H19NO4S2/c1-20-8-7-13(14(16)17)15-21(18,19)12-6-5-10-3-2-4-11(10)9-12/h5-6,9,13,15H,2-4,7-8H2,1H3,(H,16,17)/t13-/m0/s1. The number of carboxylic acid groups (broad SMARTS) is 1. The van der Waals surface area contributed by atoms with Crippen LogP contribution in [0, 0.1) is 0 Å². The van der Waals surface area contributed by atoms with Gasteiger partial charge in [-0.2, -0.15) is 16.5 Å². The summed E-state index contributed by atoms with van der Waals surface area (Å²) in [5, 5.41) is 9.13. The SMILES string of the molecule is CSCC[C@H](NS(=O)(=O)c1ccc2c(c1)CCC2)C(=O)O. The van der Waals surface area contributed by atoms with Crippen LogP contribution in [0.4, 0.5) is 0 Å². The second kappa shape index (κ2) is 6.81. The third kappa shape index (κ3) is 3.99. The van der Waals surface area contributed by atoms with Gasteiger partial charge in [0.25, 0.3) is 0 Å². The number of carbonyl (C=O) groups is 1. The van der Waals surface area contributed by atoms with Crippen LogP contribution in [-0.4, -0.2) is 37.5 Å². The predicted octanol–water partition coefficient (Wildman–Crippen LogP) is 1.66. The number of aryl methyl sites for hydroxylation is 2. The first-order chi connectivity index (χ1) is 9.94. The molecule has 0 fully saturated rings. The van der Waals surface area contributed by atoms with Gasteiger partial charge in [-0.15, -0.1) is 0 Å². The van der Waals surface area contributed by atoms with Crippen molar-refractivity contribution < 1.29 is 18.3 Å². The molecule has 0 amide bonds. The number of fused-ring (bicyclic) bond motifs is 1. The molecule has 21 heavy (non-hydrogen) atoms. The Kier molecular flexibility index (Phi) is 5.29. The quantitative estimate of drug-likeness (QED) is 0.795. The zero-order valence-electron chi connectivity index (χ0n) is 11.8. The number of thioether (sulfide) groups is 1. The van der Waals surface area contributed by atoms with E-state index in [1.807, 2.05) is 12.3 Å². The molecule has 0 saturated heterocycles. The van der Waals surface area contributed by atoms with Crippen LogP contribution in [0.15, 0.2) is 23.1 Å². The first kappa shape index (κ1) is 16.3. The van der Waals surface area contributed by atoms with E-state index in [-0.39, 0.29) is 11.3 Å². The van der Waals surface area contributed by atoms with Gasteiger partial charge in [-0.3, -0.25) is 4.79 Å². The summed E-state index contributed by atoms with van der Waals surface area (Å²) in [7, 11) is -3.80. The molecule has 0 unspecified atom stereocenters. The molecular formula is C14H19NO4S2. The monoisotopic (exact) mass is 329 g/mol. The molecule has 1 aliphatic rings. The van der Waals surface area contributed by atoms with Crippen molar-refractivity contribution >= 4 is 27.8 Å². The highest BCUT2D eigenvalue weighted by molar-refractivity contribution is 7.98. The fraction of sp³-hybridized carbons (Fsp3) is 0.500. The maximum atomic E-state index is 12.3. The second-order valence-corrected chi connectivity index (χ2v) is 7.78. The van der Waals surface area contributed by atoms with Crippen molar-refractivity contribution in [3.8, 4) is 0 Å². The second-order valence-electron chi connectivity index (χ2n) is 5.08. The first-order valence-corrected chi connectivity index (χ1v) is 9.67. The lowest BCUT2D eigenvalue weighted by Gasteiger charge is -2.15. The average Bonchev–Trinajstić information content (AvgIpc) is 2.90. The Hall–Kier alpha value is -1.05. The van der Waals surface area contributed by atoms with E-state index >= 15 is 0 Å². The fourth-order valence-electron chi connectivity index (χ4n) is 2.44. The lowest BCUT2D eigenvalue weighted by atomic mass is 10.1. The van der Waals surface area contributed by atoms with Crippen LogP contribution >= 0.6 is 11.8 Å². The summed E-state index contributed by atoms with van der Waals surface area (Å²) in [6.07, 6.45) is 5.02. The van der Waals surface area contributed by atoms with Crippen molar-refractivity contribution in [3.05, 3.63) is 29.3 Å². The molecule has 2 N–H and O–H groups in total. The Labute approximate surface area is 129 Å². The molecule has 0 spiro atoms. The lowest BCUT2D eigenvalue weighted by Crippen LogP contribution is -2.41. The van der Waals surface area contributed by atoms with Crippen LogP contribution in [0.5, 0.6) is 0 Å². The van der Waals surface area contributed by atoms with E-state index in [0.717, 1.165) is 24.8 Å². The highest BCUT2D eigenvalue weighted by Gasteiger charge is 2.26. The van der Waals surface area contributed by atoms with E-state index in [2.05, 4.69) is 4.72 Å². The van der Waals surface area contributed by atoms with E-state index < -0.39 is 22.0 Å². The average molecular weight is 329 g/mol. The highest BCUT2D eigenvalue weighted by Crippen LogP contribution is 2.24. The van der Waals surface area contributed by atoms with Crippen LogP contribution in [0.1, 0.15) is 24.0 Å². The van der Waals surface area contributed by atoms with Gasteiger partial charge >= 0.3 is 5.97 Å². The number of benzene rings is 1. The van der Waals surface area contributed by atoms with E-state index in [1.165, 1.54) is 17.3 Å². The molecule has 0 aliphatic heterocycles. The topological polar surface area (TPSA) is 83.5 Å². The number of nitrogens with one attached hydrogen (secondary N) is 1. The zero-order valence-corrected chi connectivity index (χ0v) is 13.5. The third-order valence-electron chi connectivity index (χ3n) is 3.59. The fourth-order valence-corrected chi connectivity index (χ4v) is 4.18. The summed E-state index contributed by atoms with van der Waals surface area (Å²) in [5.74, 6) is -0.558. The molecule has 7 heteroatoms. The third-order valence-corrected chi connectivity index (χ3v) is 5.70. The smallest absolute Gasteiger partial charge is 0.321 e. The first-order valence-electron chi connectivity index (χ1n) is 6.80. The molecule has 0 radical (unpaired) electrons. The zero-order chi connectivity index (χ0) is 15.5. The molecule has 1 aliphatic carbocycles. The minimum atomic E-state index is -3.80. The molecule has 116 valence electrons. The Bertz CT molecular complexity index is 628. The minimum absolute atomic E-state index is 0.151. The number of hydrogen-bond acceptors (Lipinski definition) is 4. The van der Waals surface area contributed by atoms with Crippen molar-refractivity contribution in [2.45, 2.75) is 36.6 Å². The molecule has 2 rings (SSSR count). The van der Waals surface area contributed by atoms with Crippen LogP contribution in [0.3, 0.4) is 0 Å². The van der Waals surface area contributed by atoms with E-state index in [0.29, 0.717) is 5.75 Å². The predicted molar refractivity (Wildman–Crippen MR) is 83.2 cm³/mol. The van der Waals surface area contributed by atoms with Gasteiger partial charge in [-0.25, -0.2) is 8.42 Å². The van der Waals surface area contributed by atoms with Crippen molar-refractivity contribution in [1.29, 1.82) is 0 Å². The number of carboxylic acids is 1. The Morgan fingerprint density at radius 2 is 2.10 bits per heavy atom. The molecule has 1 aromatic carbocycles. The summed E-state index contributed by atoms with van der Waals surface area (Å²) in [4.78, 5) is 11.3. The molecule has 0 bridgehead atoms. The van der Waals surface area contributed by atoms with E-state index in [1.54, 1.807) is 12.1 Å². The van der Waals surface area contributed by atoms with Crippen LogP contribution in [0.25, 0.3) is 0 Å². The van der Waals surface area contributed by atoms with Gasteiger partial charge < -0.3 is 5.11 Å². The Morgan fingerprint density at radius 1 is 1.38 bits per heavy atom. The maximum Gasteiger partial charge on any atom is 0.321 e. The summed E-state index contributed by atoms with van der Waals surface area (Å²) in [6.45, 7) is 0. The molecular weight excluding hydrogens is 310 g/mol. The van der Waals surface area contributed by atoms with Crippen LogP contribution in [-0.2, 0) is 27.7 Å². The highest BCUT2D eigenvalue weighted by atomic mass is 32.2. The summed E-state index contributed by atoms with van der Waals surface area (Å²) < 4.78 is 27.0. The van der Waals surface area contributed by atoms with E-state index in [4.69, 9.17) is 5.11 Å². The van der Waals surface area contributed by atoms with Gasteiger partial charge in [0.1, 0.15) is 6.04 Å². The lowest BCUT2D eigenvalue weighted by molar-refractivity contribution is -0.139. The molecule has 1 atom stereocenters. The largest absolute Gasteiger partial charge is 0.480 e. The van der Waals surface area contributed by atoms with Crippen molar-refractivity contribution in [1.82, 2.24) is 4.72 Å². The molecule has 0 aromatic heterocycles. The van der Waals surface area contributed by atoms with Crippen LogP contribution < -0.4 is 4.72 Å². The molecule has 0 saturated carbocycles. The van der Waals surface area contributed by atoms with Gasteiger partial charge in [-0.05, 0) is 61.0 Å². The molecule has 0 heterocycles. The summed E-state index contributed by atoms with van der Waals surface area (Å²) >= 11 is 1.49. The molecule has 5 nitrogen and oxygen atoms in total. The van der Waals surface area contributed by atoms with Gasteiger partial charge in [0.2, 0.25) is 10.0 Å². The van der Waals surface area contributed by atoms with E-state index in [9.17, 15) is 13.2 Å². The number of aliphatic carboxylic acids is 1. The Morgan fingerprint density at radius 3 is 2.76 bits per heavy atom. The van der Waals surface area contributed by atoms with Crippen LogP contribution in [0.2, 0.25) is 0 Å². The van der Waals surface area contributed by atoms with Crippen molar-refractivity contribution in [2.75, 3.05) is 12.0 Å². The number of sulfonamides is 1. The van der Waals surface area contributed by atoms with Gasteiger partial charge in [0.15, 0.2) is 0 Å². The Balaban J connectivity index is 2.18.